The fraction of sp³-hybridized carbons (Fsp3) is 0.600. The van der Waals surface area contributed by atoms with Crippen LogP contribution in [0.25, 0.3) is 0 Å². The van der Waals surface area contributed by atoms with Crippen LogP contribution in [-0.4, -0.2) is 33.0 Å². The average Bonchev–Trinajstić information content (AvgIpc) is 2.45. The minimum Gasteiger partial charge on any atom is -0.493 e. The van der Waals surface area contributed by atoms with Crippen LogP contribution < -0.4 is 14.8 Å². The van der Waals surface area contributed by atoms with Crippen LogP contribution in [0, 0.1) is 0 Å². The van der Waals surface area contributed by atoms with Crippen LogP contribution in [-0.2, 0) is 11.3 Å². The van der Waals surface area contributed by atoms with Crippen molar-refractivity contribution in [2.75, 3.05) is 20.8 Å². The Labute approximate surface area is 125 Å². The highest BCUT2D eigenvalue weighted by atomic mass is 35.5. The van der Waals surface area contributed by atoms with E-state index >= 15 is 0 Å². The lowest BCUT2D eigenvalue weighted by Gasteiger charge is -2.28. The number of benzene rings is 1. The first-order valence-electron chi connectivity index (χ1n) is 6.90. The number of ether oxygens (including phenoxy) is 3. The summed E-state index contributed by atoms with van der Waals surface area (Å²) in [4.78, 5) is 0. The van der Waals surface area contributed by atoms with Crippen molar-refractivity contribution < 1.29 is 14.2 Å². The molecule has 1 saturated heterocycles. The minimum atomic E-state index is 0.321. The van der Waals surface area contributed by atoms with Gasteiger partial charge >= 0.3 is 0 Å². The summed E-state index contributed by atoms with van der Waals surface area (Å²) in [6.07, 6.45) is 2.39. The molecule has 112 valence electrons. The molecule has 2 atom stereocenters. The molecule has 0 spiro atoms. The maximum atomic E-state index is 6.37. The predicted octanol–water partition coefficient (Wildman–Crippen LogP) is 3.01. The third-order valence-electron chi connectivity index (χ3n) is 3.63. The Morgan fingerprint density at radius 1 is 1.35 bits per heavy atom. The molecule has 1 N–H and O–H groups in total. The largest absolute Gasteiger partial charge is 0.493 e. The van der Waals surface area contributed by atoms with Crippen LogP contribution >= 0.6 is 11.6 Å². The first-order valence-corrected chi connectivity index (χ1v) is 7.27. The van der Waals surface area contributed by atoms with Gasteiger partial charge in [-0.1, -0.05) is 17.7 Å². The molecule has 2 unspecified atom stereocenters. The van der Waals surface area contributed by atoms with E-state index in [0.717, 1.165) is 31.6 Å². The van der Waals surface area contributed by atoms with Crippen molar-refractivity contribution in [2.24, 2.45) is 0 Å². The summed E-state index contributed by atoms with van der Waals surface area (Å²) in [5.74, 6) is 1.25. The number of nitrogens with one attached hydrogen (secondary N) is 1. The Morgan fingerprint density at radius 2 is 2.15 bits per heavy atom. The Morgan fingerprint density at radius 3 is 2.80 bits per heavy atom. The molecule has 0 amide bonds. The summed E-state index contributed by atoms with van der Waals surface area (Å²) in [7, 11) is 3.20. The second-order valence-electron chi connectivity index (χ2n) is 5.06. The van der Waals surface area contributed by atoms with Crippen LogP contribution in [0.3, 0.4) is 0 Å². The molecule has 1 fully saturated rings. The normalized spacial score (nSPS) is 22.6. The van der Waals surface area contributed by atoms with Crippen molar-refractivity contribution in [2.45, 2.75) is 38.5 Å². The second-order valence-corrected chi connectivity index (χ2v) is 5.44. The zero-order valence-electron chi connectivity index (χ0n) is 12.2. The molecule has 5 heteroatoms. The molecule has 1 aliphatic rings. The number of methoxy groups -OCH3 is 2. The Kier molecular flexibility index (Phi) is 5.52. The zero-order chi connectivity index (χ0) is 14.5. The van der Waals surface area contributed by atoms with Crippen LogP contribution in [0.4, 0.5) is 0 Å². The topological polar surface area (TPSA) is 39.7 Å². The van der Waals surface area contributed by atoms with E-state index in [9.17, 15) is 0 Å². The van der Waals surface area contributed by atoms with Crippen LogP contribution in [0.2, 0.25) is 5.02 Å². The smallest absolute Gasteiger partial charge is 0.179 e. The zero-order valence-corrected chi connectivity index (χ0v) is 13.0. The van der Waals surface area contributed by atoms with E-state index in [0.29, 0.717) is 28.7 Å². The first-order chi connectivity index (χ1) is 9.65. The average molecular weight is 300 g/mol. The minimum absolute atomic E-state index is 0.321. The van der Waals surface area contributed by atoms with Crippen LogP contribution in [0.1, 0.15) is 25.3 Å². The van der Waals surface area contributed by atoms with Gasteiger partial charge in [-0.25, -0.2) is 0 Å². The molecule has 0 radical (unpaired) electrons. The molecular formula is C15H22ClNO3. The van der Waals surface area contributed by atoms with Gasteiger partial charge in [0.2, 0.25) is 0 Å². The van der Waals surface area contributed by atoms with E-state index in [-0.39, 0.29) is 0 Å². The van der Waals surface area contributed by atoms with Gasteiger partial charge in [0, 0.05) is 19.2 Å². The van der Waals surface area contributed by atoms with Crippen molar-refractivity contribution in [3.8, 4) is 11.5 Å². The SMILES string of the molecule is COc1ccc(CNC2CCOC(C)C2)c(Cl)c1OC. The molecule has 0 aromatic heterocycles. The summed E-state index contributed by atoms with van der Waals surface area (Å²) < 4.78 is 16.1. The highest BCUT2D eigenvalue weighted by Crippen LogP contribution is 2.37. The van der Waals surface area contributed by atoms with E-state index in [1.165, 1.54) is 0 Å². The Balaban J connectivity index is 2.02. The first kappa shape index (κ1) is 15.4. The monoisotopic (exact) mass is 299 g/mol. The van der Waals surface area contributed by atoms with Crippen LogP contribution in [0.15, 0.2) is 12.1 Å². The van der Waals surface area contributed by atoms with E-state index in [1.54, 1.807) is 14.2 Å². The number of hydrogen-bond acceptors (Lipinski definition) is 4. The number of rotatable bonds is 5. The van der Waals surface area contributed by atoms with E-state index < -0.39 is 0 Å². The molecule has 1 aromatic rings. The van der Waals surface area contributed by atoms with Gasteiger partial charge in [0.25, 0.3) is 0 Å². The number of hydrogen-bond donors (Lipinski definition) is 1. The summed E-state index contributed by atoms with van der Waals surface area (Å²) in [5, 5.41) is 4.15. The maximum Gasteiger partial charge on any atom is 0.179 e. The van der Waals surface area contributed by atoms with Crippen molar-refractivity contribution in [1.82, 2.24) is 5.32 Å². The summed E-state index contributed by atoms with van der Waals surface area (Å²) in [5.41, 5.74) is 1.02. The van der Waals surface area contributed by atoms with Crippen molar-refractivity contribution in [3.05, 3.63) is 22.7 Å². The molecule has 4 nitrogen and oxygen atoms in total. The maximum absolute atomic E-state index is 6.37. The van der Waals surface area contributed by atoms with Gasteiger partial charge in [-0.05, 0) is 31.4 Å². The molecule has 0 bridgehead atoms. The molecular weight excluding hydrogens is 278 g/mol. The lowest BCUT2D eigenvalue weighted by atomic mass is 10.0. The third kappa shape index (κ3) is 3.57. The molecule has 1 heterocycles. The highest BCUT2D eigenvalue weighted by molar-refractivity contribution is 6.33. The van der Waals surface area contributed by atoms with Gasteiger partial charge in [0.05, 0.1) is 25.3 Å². The predicted molar refractivity (Wildman–Crippen MR) is 79.8 cm³/mol. The fourth-order valence-electron chi connectivity index (χ4n) is 2.50. The standard InChI is InChI=1S/C15H22ClNO3/c1-10-8-12(6-7-20-10)17-9-11-4-5-13(18-2)15(19-3)14(11)16/h4-5,10,12,17H,6-9H2,1-3H3. The molecule has 2 rings (SSSR count). The van der Waals surface area contributed by atoms with Gasteiger partial charge in [0.15, 0.2) is 11.5 Å². The molecule has 20 heavy (non-hydrogen) atoms. The molecule has 0 saturated carbocycles. The summed E-state index contributed by atoms with van der Waals surface area (Å²) in [6, 6.07) is 4.33. The molecule has 1 aromatic carbocycles. The third-order valence-corrected chi connectivity index (χ3v) is 4.05. The van der Waals surface area contributed by atoms with Crippen molar-refractivity contribution in [3.63, 3.8) is 0 Å². The lowest BCUT2D eigenvalue weighted by molar-refractivity contribution is 0.0130. The quantitative estimate of drug-likeness (QED) is 0.907. The number of halogens is 1. The summed E-state index contributed by atoms with van der Waals surface area (Å²) in [6.45, 7) is 3.65. The van der Waals surface area contributed by atoms with E-state index in [2.05, 4.69) is 12.2 Å². The highest BCUT2D eigenvalue weighted by Gasteiger charge is 2.20. The van der Waals surface area contributed by atoms with Gasteiger partial charge in [0.1, 0.15) is 0 Å². The van der Waals surface area contributed by atoms with Gasteiger partial charge in [-0.2, -0.15) is 0 Å². The molecule has 0 aliphatic carbocycles. The lowest BCUT2D eigenvalue weighted by Crippen LogP contribution is -2.37. The Bertz CT molecular complexity index is 453. The summed E-state index contributed by atoms with van der Waals surface area (Å²) >= 11 is 6.37. The van der Waals surface area contributed by atoms with Crippen molar-refractivity contribution >= 4 is 11.6 Å². The Hall–Kier alpha value is -0.970. The van der Waals surface area contributed by atoms with E-state index in [4.69, 9.17) is 25.8 Å². The van der Waals surface area contributed by atoms with Gasteiger partial charge in [-0.15, -0.1) is 0 Å². The second kappa shape index (κ2) is 7.16. The van der Waals surface area contributed by atoms with Gasteiger partial charge in [-0.3, -0.25) is 0 Å². The van der Waals surface area contributed by atoms with E-state index in [1.807, 2.05) is 12.1 Å². The van der Waals surface area contributed by atoms with Gasteiger partial charge < -0.3 is 19.5 Å². The van der Waals surface area contributed by atoms with Crippen LogP contribution in [0.5, 0.6) is 11.5 Å². The van der Waals surface area contributed by atoms with Crippen molar-refractivity contribution in [1.29, 1.82) is 0 Å². The molecule has 1 aliphatic heterocycles. The fourth-order valence-corrected chi connectivity index (χ4v) is 2.80.